The number of halogens is 1. The van der Waals surface area contributed by atoms with Crippen molar-refractivity contribution in [3.63, 3.8) is 0 Å². The van der Waals surface area contributed by atoms with E-state index >= 15 is 0 Å². The quantitative estimate of drug-likeness (QED) is 0.585. The molecule has 0 saturated heterocycles. The normalized spacial score (nSPS) is 12.5. The van der Waals surface area contributed by atoms with Crippen LogP contribution < -0.4 is 10.6 Å². The number of carbonyl (C=O) groups excluding carboxylic acids is 2. The van der Waals surface area contributed by atoms with Gasteiger partial charge in [-0.15, -0.1) is 0 Å². The monoisotopic (exact) mass is 404 g/mol. The number of carbonyl (C=O) groups is 3. The molecule has 2 rings (SSSR count). The summed E-state index contributed by atoms with van der Waals surface area (Å²) in [5, 5.41) is 14.8. The van der Waals surface area contributed by atoms with Gasteiger partial charge in [0.1, 0.15) is 11.7 Å². The maximum Gasteiger partial charge on any atom is 0.326 e. The van der Waals surface area contributed by atoms with E-state index in [4.69, 9.17) is 16.0 Å². The van der Waals surface area contributed by atoms with Gasteiger partial charge >= 0.3 is 5.97 Å². The minimum Gasteiger partial charge on any atom is -0.480 e. The molecule has 0 radical (unpaired) electrons. The van der Waals surface area contributed by atoms with Crippen LogP contribution in [0.5, 0.6) is 0 Å². The zero-order valence-electron chi connectivity index (χ0n) is 15.4. The Kier molecular flexibility index (Phi) is 7.40. The Morgan fingerprint density at radius 3 is 2.39 bits per heavy atom. The summed E-state index contributed by atoms with van der Waals surface area (Å²) < 4.78 is 5.03. The van der Waals surface area contributed by atoms with Crippen LogP contribution in [0.1, 0.15) is 36.4 Å². The first-order valence-electron chi connectivity index (χ1n) is 8.62. The number of carboxylic acid groups (broad SMARTS) is 1. The van der Waals surface area contributed by atoms with Crippen molar-refractivity contribution in [3.8, 4) is 0 Å². The third-order valence-electron chi connectivity index (χ3n) is 3.73. The third kappa shape index (κ3) is 6.28. The first kappa shape index (κ1) is 21.2. The molecule has 7 nitrogen and oxygen atoms in total. The topological polar surface area (TPSA) is 109 Å². The summed E-state index contributed by atoms with van der Waals surface area (Å²) in [7, 11) is 0. The summed E-state index contributed by atoms with van der Waals surface area (Å²) in [6.45, 7) is 3.70. The highest BCUT2D eigenvalue weighted by Gasteiger charge is 2.24. The number of hydrogen-bond acceptors (Lipinski definition) is 4. The molecule has 1 aromatic heterocycles. The first-order chi connectivity index (χ1) is 13.3. The molecule has 1 heterocycles. The molecule has 2 amide bonds. The van der Waals surface area contributed by atoms with Gasteiger partial charge in [0, 0.05) is 5.02 Å². The van der Waals surface area contributed by atoms with Crippen LogP contribution in [0, 0.1) is 5.92 Å². The fourth-order valence-electron chi connectivity index (χ4n) is 2.40. The molecular weight excluding hydrogens is 384 g/mol. The smallest absolute Gasteiger partial charge is 0.326 e. The molecule has 0 aliphatic heterocycles. The second kappa shape index (κ2) is 9.75. The fraction of sp³-hybridized carbons (Fsp3) is 0.250. The molecule has 0 saturated carbocycles. The minimum atomic E-state index is -1.15. The number of amides is 2. The van der Waals surface area contributed by atoms with Crippen LogP contribution in [0.25, 0.3) is 6.08 Å². The zero-order chi connectivity index (χ0) is 20.7. The van der Waals surface area contributed by atoms with E-state index in [9.17, 15) is 19.5 Å². The maximum atomic E-state index is 12.7. The van der Waals surface area contributed by atoms with Crippen molar-refractivity contribution in [1.29, 1.82) is 0 Å². The maximum absolute atomic E-state index is 12.7. The minimum absolute atomic E-state index is 0.0202. The van der Waals surface area contributed by atoms with E-state index in [1.54, 1.807) is 30.3 Å². The van der Waals surface area contributed by atoms with E-state index in [0.717, 1.165) is 0 Å². The summed E-state index contributed by atoms with van der Waals surface area (Å²) in [5.41, 5.74) is 0.490. The van der Waals surface area contributed by atoms with Crippen molar-refractivity contribution in [2.24, 2.45) is 5.92 Å². The highest BCUT2D eigenvalue weighted by molar-refractivity contribution is 6.30. The van der Waals surface area contributed by atoms with E-state index in [-0.39, 0.29) is 23.8 Å². The Labute approximate surface area is 167 Å². The third-order valence-corrected chi connectivity index (χ3v) is 3.98. The lowest BCUT2D eigenvalue weighted by molar-refractivity contribution is -0.141. The Morgan fingerprint density at radius 2 is 1.86 bits per heavy atom. The van der Waals surface area contributed by atoms with Crippen LogP contribution in [-0.4, -0.2) is 28.9 Å². The fourth-order valence-corrected chi connectivity index (χ4v) is 2.53. The van der Waals surface area contributed by atoms with Crippen molar-refractivity contribution in [3.05, 3.63) is 64.7 Å². The molecule has 2 aromatic rings. The van der Waals surface area contributed by atoms with Crippen LogP contribution >= 0.6 is 11.6 Å². The van der Waals surface area contributed by atoms with Crippen molar-refractivity contribution in [2.75, 3.05) is 0 Å². The van der Waals surface area contributed by atoms with Gasteiger partial charge in [-0.3, -0.25) is 9.59 Å². The predicted octanol–water partition coefficient (Wildman–Crippen LogP) is 3.32. The Hall–Kier alpha value is -3.06. The summed E-state index contributed by atoms with van der Waals surface area (Å²) in [6.07, 6.45) is 3.02. The lowest BCUT2D eigenvalue weighted by Crippen LogP contribution is -2.44. The number of benzene rings is 1. The van der Waals surface area contributed by atoms with Gasteiger partial charge in [-0.05, 0) is 48.2 Å². The summed E-state index contributed by atoms with van der Waals surface area (Å²) in [4.78, 5) is 36.4. The van der Waals surface area contributed by atoms with Gasteiger partial charge in [-0.25, -0.2) is 4.79 Å². The molecule has 1 aromatic carbocycles. The molecule has 0 bridgehead atoms. The van der Waals surface area contributed by atoms with Gasteiger partial charge in [0.15, 0.2) is 5.76 Å². The summed E-state index contributed by atoms with van der Waals surface area (Å²) in [5.74, 6) is -2.42. The van der Waals surface area contributed by atoms with Crippen LogP contribution in [0.2, 0.25) is 5.02 Å². The molecule has 0 spiro atoms. The van der Waals surface area contributed by atoms with E-state index in [1.165, 1.54) is 18.4 Å². The first-order valence-corrected chi connectivity index (χ1v) is 9.00. The van der Waals surface area contributed by atoms with Crippen LogP contribution in [0.3, 0.4) is 0 Å². The summed E-state index contributed by atoms with van der Waals surface area (Å²) >= 11 is 5.87. The van der Waals surface area contributed by atoms with Crippen LogP contribution in [-0.2, 0) is 9.59 Å². The molecule has 28 heavy (non-hydrogen) atoms. The van der Waals surface area contributed by atoms with Crippen LogP contribution in [0.4, 0.5) is 0 Å². The van der Waals surface area contributed by atoms with Crippen molar-refractivity contribution in [1.82, 2.24) is 10.6 Å². The SMILES string of the molecule is CC(C)C[C@H](NC(=O)/C(=C/c1ccc(Cl)cc1)NC(=O)c1ccco1)C(=O)O. The van der Waals surface area contributed by atoms with Gasteiger partial charge < -0.3 is 20.2 Å². The van der Waals surface area contributed by atoms with E-state index in [0.29, 0.717) is 10.6 Å². The molecule has 148 valence electrons. The van der Waals surface area contributed by atoms with Gasteiger partial charge in [0.2, 0.25) is 0 Å². The molecule has 0 fully saturated rings. The Balaban J connectivity index is 2.28. The van der Waals surface area contributed by atoms with Gasteiger partial charge in [-0.2, -0.15) is 0 Å². The van der Waals surface area contributed by atoms with E-state index in [1.807, 2.05) is 13.8 Å². The largest absolute Gasteiger partial charge is 0.480 e. The average Bonchev–Trinajstić information content (AvgIpc) is 3.16. The standard InChI is InChI=1S/C20H21ClN2O5/c1-12(2)10-16(20(26)27)23-18(24)15(11-13-5-7-14(21)8-6-13)22-19(25)17-4-3-9-28-17/h3-9,11-12,16H,10H2,1-2H3,(H,22,25)(H,23,24)(H,26,27)/b15-11-/t16-/m0/s1. The highest BCUT2D eigenvalue weighted by atomic mass is 35.5. The van der Waals surface area contributed by atoms with Gasteiger partial charge in [0.05, 0.1) is 6.26 Å². The van der Waals surface area contributed by atoms with Crippen LogP contribution in [0.15, 0.2) is 52.8 Å². The molecule has 1 atom stereocenters. The lowest BCUT2D eigenvalue weighted by Gasteiger charge is -2.18. The molecule has 3 N–H and O–H groups in total. The second-order valence-electron chi connectivity index (χ2n) is 6.53. The molecule has 0 aliphatic rings. The number of carboxylic acids is 1. The number of rotatable bonds is 8. The summed E-state index contributed by atoms with van der Waals surface area (Å²) in [6, 6.07) is 8.51. The molecule has 8 heteroatoms. The predicted molar refractivity (Wildman–Crippen MR) is 105 cm³/mol. The number of furan rings is 1. The van der Waals surface area contributed by atoms with Crippen molar-refractivity contribution in [2.45, 2.75) is 26.3 Å². The number of hydrogen-bond donors (Lipinski definition) is 3. The second-order valence-corrected chi connectivity index (χ2v) is 6.97. The highest BCUT2D eigenvalue weighted by Crippen LogP contribution is 2.13. The van der Waals surface area contributed by atoms with Gasteiger partial charge in [-0.1, -0.05) is 37.6 Å². The molecular formula is C20H21ClN2O5. The molecule has 0 unspecified atom stereocenters. The van der Waals surface area contributed by atoms with Gasteiger partial charge in [0.25, 0.3) is 11.8 Å². The Bertz CT molecular complexity index is 857. The van der Waals surface area contributed by atoms with E-state index < -0.39 is 23.8 Å². The van der Waals surface area contributed by atoms with E-state index in [2.05, 4.69) is 10.6 Å². The zero-order valence-corrected chi connectivity index (χ0v) is 16.2. The number of aliphatic carboxylic acids is 1. The molecule has 0 aliphatic carbocycles. The lowest BCUT2D eigenvalue weighted by atomic mass is 10.0. The van der Waals surface area contributed by atoms with Crippen molar-refractivity contribution >= 4 is 35.5 Å². The van der Waals surface area contributed by atoms with Crippen molar-refractivity contribution < 1.29 is 23.9 Å². The average molecular weight is 405 g/mol. The Morgan fingerprint density at radius 1 is 1.18 bits per heavy atom. The number of nitrogens with one attached hydrogen (secondary N) is 2.